The lowest BCUT2D eigenvalue weighted by atomic mass is 10.1. The van der Waals surface area contributed by atoms with Crippen LogP contribution in [0.4, 0.5) is 0 Å². The second kappa shape index (κ2) is 5.43. The van der Waals surface area contributed by atoms with E-state index in [0.29, 0.717) is 12.1 Å². The fourth-order valence-corrected chi connectivity index (χ4v) is 2.48. The summed E-state index contributed by atoms with van der Waals surface area (Å²) in [7, 11) is 0. The smallest absolute Gasteiger partial charge is 0.112 e. The molecule has 0 aliphatic carbocycles. The number of imidazole rings is 1. The SMILES string of the molecule is CCn1c(CC(O)c2ccccn2)nc2ccccc21. The molecule has 4 nitrogen and oxygen atoms in total. The molecular formula is C16H17N3O. The molecule has 0 bridgehead atoms. The molecular weight excluding hydrogens is 250 g/mol. The minimum Gasteiger partial charge on any atom is -0.386 e. The van der Waals surface area contributed by atoms with Crippen LogP contribution < -0.4 is 0 Å². The molecule has 1 N–H and O–H groups in total. The van der Waals surface area contributed by atoms with E-state index in [2.05, 4.69) is 27.5 Å². The first kappa shape index (κ1) is 12.8. The minimum atomic E-state index is -0.627. The van der Waals surface area contributed by atoms with E-state index in [1.54, 1.807) is 6.20 Å². The van der Waals surface area contributed by atoms with Gasteiger partial charge in [0.25, 0.3) is 0 Å². The van der Waals surface area contributed by atoms with Crippen LogP contribution in [0, 0.1) is 0 Å². The van der Waals surface area contributed by atoms with Gasteiger partial charge in [0.1, 0.15) is 11.9 Å². The average Bonchev–Trinajstić information content (AvgIpc) is 2.85. The van der Waals surface area contributed by atoms with E-state index in [1.165, 1.54) is 0 Å². The molecule has 2 heterocycles. The lowest BCUT2D eigenvalue weighted by molar-refractivity contribution is 0.170. The number of fused-ring (bicyclic) bond motifs is 1. The van der Waals surface area contributed by atoms with Gasteiger partial charge in [0.2, 0.25) is 0 Å². The van der Waals surface area contributed by atoms with Crippen molar-refractivity contribution in [2.24, 2.45) is 0 Å². The maximum atomic E-state index is 10.3. The molecule has 0 saturated heterocycles. The first-order chi connectivity index (χ1) is 9.79. The van der Waals surface area contributed by atoms with E-state index in [0.717, 1.165) is 23.4 Å². The predicted molar refractivity (Wildman–Crippen MR) is 78.3 cm³/mol. The Labute approximate surface area is 117 Å². The van der Waals surface area contributed by atoms with E-state index in [4.69, 9.17) is 0 Å². The normalized spacial score (nSPS) is 12.7. The summed E-state index contributed by atoms with van der Waals surface area (Å²) in [5, 5.41) is 10.3. The highest BCUT2D eigenvalue weighted by Gasteiger charge is 2.15. The molecule has 0 fully saturated rings. The van der Waals surface area contributed by atoms with Crippen molar-refractivity contribution >= 4 is 11.0 Å². The van der Waals surface area contributed by atoms with Crippen LogP contribution in [0.25, 0.3) is 11.0 Å². The molecule has 0 saturated carbocycles. The Balaban J connectivity index is 1.94. The molecule has 0 aliphatic rings. The molecule has 2 aromatic heterocycles. The highest BCUT2D eigenvalue weighted by molar-refractivity contribution is 5.75. The lowest BCUT2D eigenvalue weighted by Crippen LogP contribution is -2.09. The number of nitrogens with zero attached hydrogens (tertiary/aromatic N) is 3. The first-order valence-electron chi connectivity index (χ1n) is 6.82. The summed E-state index contributed by atoms with van der Waals surface area (Å²) in [5.74, 6) is 0.895. The lowest BCUT2D eigenvalue weighted by Gasteiger charge is -2.11. The van der Waals surface area contributed by atoms with E-state index in [9.17, 15) is 5.11 Å². The van der Waals surface area contributed by atoms with Crippen molar-refractivity contribution in [3.05, 3.63) is 60.2 Å². The van der Waals surface area contributed by atoms with Crippen molar-refractivity contribution in [1.82, 2.24) is 14.5 Å². The van der Waals surface area contributed by atoms with Crippen LogP contribution >= 0.6 is 0 Å². The number of benzene rings is 1. The Bertz CT molecular complexity index is 706. The number of aliphatic hydroxyl groups excluding tert-OH is 1. The fraction of sp³-hybridized carbons (Fsp3) is 0.250. The maximum absolute atomic E-state index is 10.3. The molecule has 20 heavy (non-hydrogen) atoms. The van der Waals surface area contributed by atoms with Gasteiger partial charge in [0.15, 0.2) is 0 Å². The number of para-hydroxylation sites is 2. The van der Waals surface area contributed by atoms with E-state index >= 15 is 0 Å². The molecule has 0 aliphatic heterocycles. The minimum absolute atomic E-state index is 0.472. The highest BCUT2D eigenvalue weighted by atomic mass is 16.3. The second-order valence-electron chi connectivity index (χ2n) is 4.74. The summed E-state index contributed by atoms with van der Waals surface area (Å²) in [6, 6.07) is 13.6. The van der Waals surface area contributed by atoms with Crippen LogP contribution in [-0.2, 0) is 13.0 Å². The maximum Gasteiger partial charge on any atom is 0.112 e. The van der Waals surface area contributed by atoms with Crippen molar-refractivity contribution in [3.63, 3.8) is 0 Å². The average molecular weight is 267 g/mol. The predicted octanol–water partition coefficient (Wildman–Crippen LogP) is 2.73. The molecule has 0 radical (unpaired) electrons. The van der Waals surface area contributed by atoms with Crippen LogP contribution in [0.1, 0.15) is 24.5 Å². The van der Waals surface area contributed by atoms with Gasteiger partial charge in [0.05, 0.1) is 16.7 Å². The largest absolute Gasteiger partial charge is 0.386 e. The van der Waals surface area contributed by atoms with Crippen molar-refractivity contribution in [2.75, 3.05) is 0 Å². The Kier molecular flexibility index (Phi) is 3.48. The summed E-state index contributed by atoms with van der Waals surface area (Å²) in [6.45, 7) is 2.93. The van der Waals surface area contributed by atoms with Gasteiger partial charge in [-0.2, -0.15) is 0 Å². The summed E-state index contributed by atoms with van der Waals surface area (Å²) in [5.41, 5.74) is 2.76. The van der Waals surface area contributed by atoms with Crippen LogP contribution in [0.2, 0.25) is 0 Å². The zero-order chi connectivity index (χ0) is 13.9. The summed E-state index contributed by atoms with van der Waals surface area (Å²) >= 11 is 0. The molecule has 0 spiro atoms. The molecule has 3 aromatic rings. The molecule has 1 aromatic carbocycles. The Morgan fingerprint density at radius 3 is 2.70 bits per heavy atom. The van der Waals surface area contributed by atoms with E-state index in [1.807, 2.05) is 36.4 Å². The van der Waals surface area contributed by atoms with Crippen molar-refractivity contribution in [1.29, 1.82) is 0 Å². The van der Waals surface area contributed by atoms with Crippen LogP contribution in [0.5, 0.6) is 0 Å². The molecule has 0 amide bonds. The monoisotopic (exact) mass is 267 g/mol. The number of hydrogen-bond acceptors (Lipinski definition) is 3. The van der Waals surface area contributed by atoms with Crippen molar-refractivity contribution in [3.8, 4) is 0 Å². The van der Waals surface area contributed by atoms with Crippen molar-refractivity contribution in [2.45, 2.75) is 26.0 Å². The molecule has 4 heteroatoms. The zero-order valence-corrected chi connectivity index (χ0v) is 11.4. The first-order valence-corrected chi connectivity index (χ1v) is 6.82. The third-order valence-corrected chi connectivity index (χ3v) is 3.45. The number of hydrogen-bond donors (Lipinski definition) is 1. The molecule has 3 rings (SSSR count). The Hall–Kier alpha value is -2.20. The van der Waals surface area contributed by atoms with E-state index < -0.39 is 6.10 Å². The third-order valence-electron chi connectivity index (χ3n) is 3.45. The summed E-state index contributed by atoms with van der Waals surface area (Å²) < 4.78 is 2.14. The summed E-state index contributed by atoms with van der Waals surface area (Å²) in [6.07, 6.45) is 1.54. The van der Waals surface area contributed by atoms with Gasteiger partial charge >= 0.3 is 0 Å². The number of aromatic nitrogens is 3. The van der Waals surface area contributed by atoms with Gasteiger partial charge < -0.3 is 9.67 Å². The second-order valence-corrected chi connectivity index (χ2v) is 4.74. The molecule has 102 valence electrons. The number of aryl methyl sites for hydroxylation is 1. The quantitative estimate of drug-likeness (QED) is 0.790. The summed E-state index contributed by atoms with van der Waals surface area (Å²) in [4.78, 5) is 8.82. The third kappa shape index (κ3) is 2.30. The Morgan fingerprint density at radius 2 is 1.95 bits per heavy atom. The molecule has 1 unspecified atom stereocenters. The molecule has 1 atom stereocenters. The van der Waals surface area contributed by atoms with Gasteiger partial charge in [-0.15, -0.1) is 0 Å². The van der Waals surface area contributed by atoms with Crippen LogP contribution in [0.3, 0.4) is 0 Å². The topological polar surface area (TPSA) is 50.9 Å². The van der Waals surface area contributed by atoms with Crippen molar-refractivity contribution < 1.29 is 5.11 Å². The van der Waals surface area contributed by atoms with Gasteiger partial charge in [-0.1, -0.05) is 18.2 Å². The standard InChI is InChI=1S/C16H17N3O/c1-2-19-14-9-4-3-7-12(14)18-16(19)11-15(20)13-8-5-6-10-17-13/h3-10,15,20H,2,11H2,1H3. The number of aliphatic hydroxyl groups is 1. The number of rotatable bonds is 4. The zero-order valence-electron chi connectivity index (χ0n) is 11.4. The highest BCUT2D eigenvalue weighted by Crippen LogP contribution is 2.20. The van der Waals surface area contributed by atoms with Gasteiger partial charge in [-0.05, 0) is 31.2 Å². The fourth-order valence-electron chi connectivity index (χ4n) is 2.48. The van der Waals surface area contributed by atoms with Gasteiger partial charge in [-0.3, -0.25) is 4.98 Å². The van der Waals surface area contributed by atoms with E-state index in [-0.39, 0.29) is 0 Å². The van der Waals surface area contributed by atoms with Crippen LogP contribution in [0.15, 0.2) is 48.7 Å². The van der Waals surface area contributed by atoms with Crippen LogP contribution in [-0.4, -0.2) is 19.6 Å². The Morgan fingerprint density at radius 1 is 1.15 bits per heavy atom. The van der Waals surface area contributed by atoms with Gasteiger partial charge in [0, 0.05) is 19.2 Å². The van der Waals surface area contributed by atoms with Gasteiger partial charge in [-0.25, -0.2) is 4.98 Å². The number of pyridine rings is 1.